The van der Waals surface area contributed by atoms with Crippen molar-refractivity contribution in [3.63, 3.8) is 0 Å². The molecule has 3 atom stereocenters. The lowest BCUT2D eigenvalue weighted by molar-refractivity contribution is -0.911. The Morgan fingerprint density at radius 1 is 1.02 bits per heavy atom. The van der Waals surface area contributed by atoms with Crippen LogP contribution in [-0.2, 0) is 17.8 Å². The normalized spacial score (nSPS) is 19.6. The van der Waals surface area contributed by atoms with E-state index in [0.717, 1.165) is 35.6 Å². The van der Waals surface area contributed by atoms with Gasteiger partial charge in [-0.05, 0) is 73.0 Å². The second kappa shape index (κ2) is 12.8. The van der Waals surface area contributed by atoms with Crippen LogP contribution in [-0.4, -0.2) is 71.2 Å². The number of urea groups is 1. The van der Waals surface area contributed by atoms with Crippen LogP contribution in [0.4, 0.5) is 10.5 Å². The molecule has 10 nitrogen and oxygen atoms in total. The van der Waals surface area contributed by atoms with Crippen LogP contribution in [0.25, 0.3) is 0 Å². The van der Waals surface area contributed by atoms with Gasteiger partial charge in [0.25, 0.3) is 0 Å². The summed E-state index contributed by atoms with van der Waals surface area (Å²) in [7, 11) is 2.12. The number of likely N-dealkylation sites (N-methyl/N-ethyl adjacent to an activating group) is 1. The third-order valence-electron chi connectivity index (χ3n) is 8.12. The van der Waals surface area contributed by atoms with Crippen LogP contribution in [0.5, 0.6) is 17.2 Å². The van der Waals surface area contributed by atoms with Crippen LogP contribution in [0.3, 0.4) is 0 Å². The van der Waals surface area contributed by atoms with E-state index in [2.05, 4.69) is 12.4 Å². The molecular weight excluding hydrogens is 548 g/mol. The summed E-state index contributed by atoms with van der Waals surface area (Å²) in [6.07, 6.45) is 2.05. The number of phenolic OH excluding ortho intramolecular Hbond substituents is 1. The molecule has 43 heavy (non-hydrogen) atoms. The largest absolute Gasteiger partial charge is 0.508 e. The topological polar surface area (TPSA) is 131 Å². The molecule has 0 radical (unpaired) electrons. The molecule has 0 saturated carbocycles. The van der Waals surface area contributed by atoms with Gasteiger partial charge in [-0.15, -0.1) is 0 Å². The molecule has 3 amide bonds. The van der Waals surface area contributed by atoms with Crippen molar-refractivity contribution in [2.24, 2.45) is 5.73 Å². The number of nitrogens with two attached hydrogens (primary N) is 1. The number of carbonyl (C=O) groups excluding carboxylic acids is 3. The zero-order chi connectivity index (χ0) is 30.6. The average molecular weight is 588 g/mol. The Morgan fingerprint density at radius 3 is 2.44 bits per heavy atom. The number of hydrogen-bond acceptors (Lipinski definition) is 7. The van der Waals surface area contributed by atoms with Gasteiger partial charge in [-0.1, -0.05) is 19.1 Å². The molecular formula is C33H39N4O6+. The van der Waals surface area contributed by atoms with Crippen LogP contribution in [0, 0.1) is 0 Å². The number of nitrogens with one attached hydrogen (secondary N) is 1. The maximum absolute atomic E-state index is 13.9. The summed E-state index contributed by atoms with van der Waals surface area (Å²) in [5.74, 6) is 1.14. The lowest BCUT2D eigenvalue weighted by Gasteiger charge is -2.33. The van der Waals surface area contributed by atoms with Crippen molar-refractivity contribution >= 4 is 23.4 Å². The summed E-state index contributed by atoms with van der Waals surface area (Å²) in [6.45, 7) is 4.18. The Balaban J connectivity index is 1.33. The van der Waals surface area contributed by atoms with Crippen LogP contribution in [0.1, 0.15) is 47.7 Å². The zero-order valence-electron chi connectivity index (χ0n) is 24.6. The van der Waals surface area contributed by atoms with Crippen molar-refractivity contribution in [1.82, 2.24) is 4.90 Å². The SMILES string of the molecule is CCCC(=O)c1ccc(NC(=O)N(C(=O)[C@@H](N)Cc2ccc(O)cc2)[C@H]2CC[N+](C)(Cc3ccc4c(c3)OCO4)C2)cc1. The lowest BCUT2D eigenvalue weighted by atomic mass is 10.0. The summed E-state index contributed by atoms with van der Waals surface area (Å²) in [6, 6.07) is 17.2. The van der Waals surface area contributed by atoms with Gasteiger partial charge in [0.05, 0.1) is 25.7 Å². The minimum absolute atomic E-state index is 0.0443. The standard InChI is InChI=1S/C33H38N4O6/c1-3-4-29(39)24-8-10-25(11-9-24)35-33(41)36(32(40)28(34)17-22-5-12-27(38)13-6-22)26-15-16-37(2,20-26)19-23-7-14-30-31(18-23)43-21-42-30/h5-14,18,26,28H,3-4,15-17,19-21,34H2,1-2H3,(H-,35,38,39,41)/p+1/t26-,28-,37?/m0/s1. The minimum Gasteiger partial charge on any atom is -0.508 e. The Kier molecular flexibility index (Phi) is 8.98. The molecule has 2 aliphatic heterocycles. The number of carbonyl (C=O) groups is 3. The molecule has 0 aromatic heterocycles. The fourth-order valence-electron chi connectivity index (χ4n) is 5.88. The molecule has 0 bridgehead atoms. The van der Waals surface area contributed by atoms with E-state index in [0.29, 0.717) is 41.7 Å². The van der Waals surface area contributed by atoms with E-state index < -0.39 is 18.0 Å². The summed E-state index contributed by atoms with van der Waals surface area (Å²) in [4.78, 5) is 41.2. The molecule has 5 rings (SSSR count). The van der Waals surface area contributed by atoms with E-state index in [9.17, 15) is 19.5 Å². The molecule has 1 saturated heterocycles. The van der Waals surface area contributed by atoms with Gasteiger partial charge in [-0.2, -0.15) is 0 Å². The number of aromatic hydroxyl groups is 1. The van der Waals surface area contributed by atoms with E-state index in [1.807, 2.05) is 25.1 Å². The number of amides is 3. The number of ether oxygens (including phenoxy) is 2. The van der Waals surface area contributed by atoms with Crippen LogP contribution in [0.15, 0.2) is 66.7 Å². The fourth-order valence-corrected chi connectivity index (χ4v) is 5.88. The predicted octanol–water partition coefficient (Wildman–Crippen LogP) is 4.45. The number of benzene rings is 3. The van der Waals surface area contributed by atoms with Gasteiger partial charge in [0.1, 0.15) is 18.8 Å². The Morgan fingerprint density at radius 2 is 1.72 bits per heavy atom. The molecule has 0 spiro atoms. The van der Waals surface area contributed by atoms with E-state index in [1.165, 1.54) is 4.90 Å². The number of Topliss-reactive ketones (excluding diaryl/α,β-unsaturated/α-hetero) is 1. The summed E-state index contributed by atoms with van der Waals surface area (Å²) in [5.41, 5.74) is 9.33. The molecule has 3 aromatic rings. The number of ketones is 1. The molecule has 4 N–H and O–H groups in total. The van der Waals surface area contributed by atoms with E-state index >= 15 is 0 Å². The van der Waals surface area contributed by atoms with Gasteiger partial charge in [0.2, 0.25) is 12.7 Å². The Bertz CT molecular complexity index is 1480. The van der Waals surface area contributed by atoms with Gasteiger partial charge < -0.3 is 30.1 Å². The summed E-state index contributed by atoms with van der Waals surface area (Å²) in [5, 5.41) is 12.5. The number of imide groups is 1. The molecule has 10 heteroatoms. The summed E-state index contributed by atoms with van der Waals surface area (Å²) >= 11 is 0. The average Bonchev–Trinajstić information content (AvgIpc) is 3.61. The first-order valence-electron chi connectivity index (χ1n) is 14.7. The lowest BCUT2D eigenvalue weighted by Crippen LogP contribution is -2.55. The number of quaternary nitrogens is 1. The van der Waals surface area contributed by atoms with Gasteiger partial charge >= 0.3 is 6.03 Å². The highest BCUT2D eigenvalue weighted by Crippen LogP contribution is 2.34. The third kappa shape index (κ3) is 7.15. The molecule has 226 valence electrons. The van der Waals surface area contributed by atoms with Crippen LogP contribution >= 0.6 is 0 Å². The first-order valence-corrected chi connectivity index (χ1v) is 14.7. The molecule has 1 fully saturated rings. The highest BCUT2D eigenvalue weighted by atomic mass is 16.7. The van der Waals surface area contributed by atoms with Crippen molar-refractivity contribution in [3.8, 4) is 17.2 Å². The van der Waals surface area contributed by atoms with Gasteiger partial charge in [0, 0.05) is 29.7 Å². The zero-order valence-corrected chi connectivity index (χ0v) is 24.6. The number of nitrogens with zero attached hydrogens (tertiary/aromatic N) is 2. The first-order chi connectivity index (χ1) is 20.6. The van der Waals surface area contributed by atoms with Crippen LogP contribution in [0.2, 0.25) is 0 Å². The van der Waals surface area contributed by atoms with Gasteiger partial charge in [-0.25, -0.2) is 4.79 Å². The number of hydrogen-bond donors (Lipinski definition) is 3. The summed E-state index contributed by atoms with van der Waals surface area (Å²) < 4.78 is 11.6. The molecule has 0 aliphatic carbocycles. The first kappa shape index (κ1) is 30.1. The maximum Gasteiger partial charge on any atom is 0.329 e. The predicted molar refractivity (Wildman–Crippen MR) is 162 cm³/mol. The number of rotatable bonds is 10. The van der Waals surface area contributed by atoms with Crippen LogP contribution < -0.4 is 20.5 Å². The minimum atomic E-state index is -0.961. The second-order valence-corrected chi connectivity index (χ2v) is 11.7. The molecule has 2 aliphatic rings. The van der Waals surface area contributed by atoms with E-state index in [1.54, 1.807) is 48.5 Å². The molecule has 1 unspecified atom stereocenters. The third-order valence-corrected chi connectivity index (χ3v) is 8.12. The smallest absolute Gasteiger partial charge is 0.329 e. The van der Waals surface area contributed by atoms with Crippen molar-refractivity contribution in [2.75, 3.05) is 32.2 Å². The quantitative estimate of drug-likeness (QED) is 0.236. The van der Waals surface area contributed by atoms with Gasteiger partial charge in [-0.3, -0.25) is 14.5 Å². The molecule has 2 heterocycles. The van der Waals surface area contributed by atoms with Crippen molar-refractivity contribution in [3.05, 3.63) is 83.4 Å². The number of anilines is 1. The highest BCUT2D eigenvalue weighted by Gasteiger charge is 2.43. The highest BCUT2D eigenvalue weighted by molar-refractivity contribution is 6.03. The fraction of sp³-hybridized carbons (Fsp3) is 0.364. The maximum atomic E-state index is 13.9. The Labute approximate surface area is 251 Å². The van der Waals surface area contributed by atoms with Crippen molar-refractivity contribution < 1.29 is 33.4 Å². The van der Waals surface area contributed by atoms with Crippen molar-refractivity contribution in [1.29, 1.82) is 0 Å². The second-order valence-electron chi connectivity index (χ2n) is 11.7. The monoisotopic (exact) mass is 587 g/mol. The Hall–Kier alpha value is -4.41. The number of fused-ring (bicyclic) bond motifs is 1. The van der Waals surface area contributed by atoms with E-state index in [-0.39, 0.29) is 30.8 Å². The van der Waals surface area contributed by atoms with Crippen molar-refractivity contribution in [2.45, 2.75) is 51.2 Å². The number of phenols is 1. The van der Waals surface area contributed by atoms with Gasteiger partial charge in [0.15, 0.2) is 17.3 Å². The molecule has 3 aromatic carbocycles. The van der Waals surface area contributed by atoms with E-state index in [4.69, 9.17) is 15.2 Å². The number of likely N-dealkylation sites (tertiary alicyclic amines) is 1.